The molecule has 0 aliphatic rings. The fourth-order valence-electron chi connectivity index (χ4n) is 2.13. The highest BCUT2D eigenvalue weighted by molar-refractivity contribution is 6.33. The first-order valence-corrected chi connectivity index (χ1v) is 6.59. The topological polar surface area (TPSA) is 46.0 Å². The van der Waals surface area contributed by atoms with Gasteiger partial charge in [-0.15, -0.1) is 0 Å². The monoisotopic (exact) mass is 300 g/mol. The molecule has 0 bridgehead atoms. The van der Waals surface area contributed by atoms with Crippen molar-refractivity contribution in [2.45, 2.75) is 0 Å². The molecule has 0 aliphatic carbocycles. The SMILES string of the molecule is Oc1cc(Cl)c(-c2ccccc2F)cc1-c1ccnnc1. The van der Waals surface area contributed by atoms with Gasteiger partial charge in [0.05, 0.1) is 17.4 Å². The Labute approximate surface area is 125 Å². The Kier molecular flexibility index (Phi) is 3.54. The summed E-state index contributed by atoms with van der Waals surface area (Å²) in [5.41, 5.74) is 2.09. The van der Waals surface area contributed by atoms with Crippen LogP contribution < -0.4 is 0 Å². The van der Waals surface area contributed by atoms with Crippen molar-refractivity contribution in [3.63, 3.8) is 0 Å². The summed E-state index contributed by atoms with van der Waals surface area (Å²) in [4.78, 5) is 0. The Morgan fingerprint density at radius 2 is 1.76 bits per heavy atom. The molecule has 3 nitrogen and oxygen atoms in total. The molecule has 5 heteroatoms. The van der Waals surface area contributed by atoms with Crippen molar-refractivity contribution in [2.75, 3.05) is 0 Å². The highest BCUT2D eigenvalue weighted by atomic mass is 35.5. The third-order valence-electron chi connectivity index (χ3n) is 3.14. The molecule has 0 saturated heterocycles. The van der Waals surface area contributed by atoms with Gasteiger partial charge in [-0.2, -0.15) is 10.2 Å². The standard InChI is InChI=1S/C16H10ClFN2O/c17-14-8-16(21)12(10-5-6-19-20-9-10)7-13(14)11-3-1-2-4-15(11)18/h1-9,21H. The maximum absolute atomic E-state index is 13.9. The van der Waals surface area contributed by atoms with Crippen molar-refractivity contribution in [3.05, 3.63) is 65.7 Å². The lowest BCUT2D eigenvalue weighted by atomic mass is 9.99. The average Bonchev–Trinajstić information content (AvgIpc) is 2.49. The lowest BCUT2D eigenvalue weighted by Gasteiger charge is -2.11. The Balaban J connectivity index is 2.22. The molecule has 3 rings (SSSR count). The number of rotatable bonds is 2. The Morgan fingerprint density at radius 3 is 2.48 bits per heavy atom. The summed E-state index contributed by atoms with van der Waals surface area (Å²) < 4.78 is 13.9. The van der Waals surface area contributed by atoms with Crippen molar-refractivity contribution in [1.29, 1.82) is 0 Å². The van der Waals surface area contributed by atoms with Gasteiger partial charge in [-0.05, 0) is 24.3 Å². The zero-order valence-corrected chi connectivity index (χ0v) is 11.5. The summed E-state index contributed by atoms with van der Waals surface area (Å²) in [5, 5.41) is 17.8. The molecule has 0 saturated carbocycles. The van der Waals surface area contributed by atoms with Crippen molar-refractivity contribution in [2.24, 2.45) is 0 Å². The van der Waals surface area contributed by atoms with Gasteiger partial charge in [0.15, 0.2) is 0 Å². The molecule has 2 aromatic carbocycles. The minimum Gasteiger partial charge on any atom is -0.507 e. The van der Waals surface area contributed by atoms with Gasteiger partial charge in [-0.3, -0.25) is 0 Å². The van der Waals surface area contributed by atoms with Crippen LogP contribution in [0, 0.1) is 5.82 Å². The van der Waals surface area contributed by atoms with Crippen molar-refractivity contribution in [3.8, 4) is 28.0 Å². The highest BCUT2D eigenvalue weighted by Crippen LogP contribution is 2.39. The lowest BCUT2D eigenvalue weighted by Crippen LogP contribution is -1.89. The van der Waals surface area contributed by atoms with Crippen molar-refractivity contribution in [1.82, 2.24) is 10.2 Å². The molecule has 0 aliphatic heterocycles. The zero-order valence-electron chi connectivity index (χ0n) is 10.8. The van der Waals surface area contributed by atoms with E-state index in [9.17, 15) is 9.50 Å². The number of nitrogens with zero attached hydrogens (tertiary/aromatic N) is 2. The summed E-state index contributed by atoms with van der Waals surface area (Å²) in [5.74, 6) is -0.364. The van der Waals surface area contributed by atoms with Crippen LogP contribution in [0.2, 0.25) is 5.02 Å². The lowest BCUT2D eigenvalue weighted by molar-refractivity contribution is 0.477. The summed E-state index contributed by atoms with van der Waals surface area (Å²) in [6.45, 7) is 0. The molecular formula is C16H10ClFN2O. The molecule has 21 heavy (non-hydrogen) atoms. The molecule has 1 aromatic heterocycles. The molecule has 0 unspecified atom stereocenters. The highest BCUT2D eigenvalue weighted by Gasteiger charge is 2.14. The van der Waals surface area contributed by atoms with E-state index in [0.717, 1.165) is 0 Å². The molecule has 0 fully saturated rings. The van der Waals surface area contributed by atoms with Gasteiger partial charge in [0.25, 0.3) is 0 Å². The van der Waals surface area contributed by atoms with E-state index < -0.39 is 0 Å². The van der Waals surface area contributed by atoms with E-state index in [4.69, 9.17) is 11.6 Å². The van der Waals surface area contributed by atoms with Gasteiger partial charge in [-0.25, -0.2) is 4.39 Å². The minimum atomic E-state index is -0.371. The Bertz CT molecular complexity index is 794. The van der Waals surface area contributed by atoms with E-state index in [1.54, 1.807) is 30.3 Å². The molecule has 0 amide bonds. The summed E-state index contributed by atoms with van der Waals surface area (Å²) in [7, 11) is 0. The quantitative estimate of drug-likeness (QED) is 0.767. The average molecular weight is 301 g/mol. The number of phenolic OH excluding ortho intramolecular Hbond substituents is 1. The predicted octanol–water partition coefficient (Wildman–Crippen LogP) is 4.31. The van der Waals surface area contributed by atoms with Gasteiger partial charge >= 0.3 is 0 Å². The molecule has 3 aromatic rings. The maximum atomic E-state index is 13.9. The molecule has 0 atom stereocenters. The van der Waals surface area contributed by atoms with Crippen LogP contribution in [0.3, 0.4) is 0 Å². The third-order valence-corrected chi connectivity index (χ3v) is 3.46. The van der Waals surface area contributed by atoms with E-state index in [1.165, 1.54) is 24.5 Å². The maximum Gasteiger partial charge on any atom is 0.131 e. The van der Waals surface area contributed by atoms with Crippen molar-refractivity contribution < 1.29 is 9.50 Å². The zero-order chi connectivity index (χ0) is 14.8. The second-order valence-corrected chi connectivity index (χ2v) is 4.87. The van der Waals surface area contributed by atoms with E-state index in [2.05, 4.69) is 10.2 Å². The van der Waals surface area contributed by atoms with E-state index in [1.807, 2.05) is 0 Å². The van der Waals surface area contributed by atoms with Gasteiger partial charge in [0.1, 0.15) is 11.6 Å². The largest absolute Gasteiger partial charge is 0.507 e. The molecule has 0 radical (unpaired) electrons. The van der Waals surface area contributed by atoms with Crippen LogP contribution in [0.1, 0.15) is 0 Å². The second kappa shape index (κ2) is 5.50. The number of halogens is 2. The van der Waals surface area contributed by atoms with E-state index in [-0.39, 0.29) is 16.6 Å². The second-order valence-electron chi connectivity index (χ2n) is 4.46. The Hall–Kier alpha value is -2.46. The van der Waals surface area contributed by atoms with Crippen LogP contribution >= 0.6 is 11.6 Å². The molecule has 1 heterocycles. The number of aromatic hydroxyl groups is 1. The van der Waals surface area contributed by atoms with Crippen LogP contribution in [0.5, 0.6) is 5.75 Å². The smallest absolute Gasteiger partial charge is 0.131 e. The predicted molar refractivity (Wildman–Crippen MR) is 79.5 cm³/mol. The fraction of sp³-hybridized carbons (Fsp3) is 0. The van der Waals surface area contributed by atoms with Crippen molar-refractivity contribution >= 4 is 11.6 Å². The van der Waals surface area contributed by atoms with Gasteiger partial charge in [0.2, 0.25) is 0 Å². The first-order valence-electron chi connectivity index (χ1n) is 6.21. The van der Waals surface area contributed by atoms with E-state index >= 15 is 0 Å². The molecular weight excluding hydrogens is 291 g/mol. The fourth-order valence-corrected chi connectivity index (χ4v) is 2.39. The van der Waals surface area contributed by atoms with Crippen LogP contribution in [0.15, 0.2) is 54.9 Å². The number of phenols is 1. The summed E-state index contributed by atoms with van der Waals surface area (Å²) in [6, 6.07) is 11.1. The van der Waals surface area contributed by atoms with Gasteiger partial charge in [-0.1, -0.05) is 29.8 Å². The first kappa shape index (κ1) is 13.5. The van der Waals surface area contributed by atoms with Gasteiger partial charge < -0.3 is 5.11 Å². The minimum absolute atomic E-state index is 0.00749. The summed E-state index contributed by atoms with van der Waals surface area (Å²) in [6.07, 6.45) is 3.04. The number of hydrogen-bond donors (Lipinski definition) is 1. The van der Waals surface area contributed by atoms with Gasteiger partial charge in [0, 0.05) is 22.3 Å². The van der Waals surface area contributed by atoms with Crippen LogP contribution in [-0.4, -0.2) is 15.3 Å². The molecule has 1 N–H and O–H groups in total. The number of hydrogen-bond acceptors (Lipinski definition) is 3. The van der Waals surface area contributed by atoms with Crippen LogP contribution in [-0.2, 0) is 0 Å². The number of benzene rings is 2. The van der Waals surface area contributed by atoms with Crippen LogP contribution in [0.25, 0.3) is 22.3 Å². The Morgan fingerprint density at radius 1 is 0.952 bits per heavy atom. The van der Waals surface area contributed by atoms with Crippen LogP contribution in [0.4, 0.5) is 4.39 Å². The number of aromatic nitrogens is 2. The first-order chi connectivity index (χ1) is 10.2. The summed E-state index contributed by atoms with van der Waals surface area (Å²) >= 11 is 6.14. The molecule has 104 valence electrons. The molecule has 0 spiro atoms. The van der Waals surface area contributed by atoms with E-state index in [0.29, 0.717) is 22.3 Å². The normalized spacial score (nSPS) is 10.6. The third kappa shape index (κ3) is 2.58.